The van der Waals surface area contributed by atoms with Gasteiger partial charge in [-0.1, -0.05) is 203 Å². The Morgan fingerprint density at radius 3 is 1.73 bits per heavy atom. The number of nitrogens with zero attached hydrogens (tertiary/aromatic N) is 3. The predicted octanol–water partition coefficient (Wildman–Crippen LogP) is 22.8. The lowest BCUT2D eigenvalue weighted by Gasteiger charge is -2.55. The zero-order chi connectivity index (χ0) is 61.5. The second kappa shape index (κ2) is 18.4. The van der Waals surface area contributed by atoms with E-state index >= 15 is 0 Å². The maximum atomic E-state index is 3.07. The third kappa shape index (κ3) is 7.30. The molecule has 6 aliphatic rings. The predicted molar refractivity (Wildman–Crippen MR) is 390 cm³/mol. The molecular weight excluding hydrogens is 1130 g/mol. The van der Waals surface area contributed by atoms with E-state index in [0.717, 1.165) is 6.42 Å². The van der Waals surface area contributed by atoms with Gasteiger partial charge >= 0.3 is 6.85 Å². The fourth-order valence-electron chi connectivity index (χ4n) is 18.4. The van der Waals surface area contributed by atoms with Gasteiger partial charge in [-0.15, -0.1) is 22.7 Å². The normalized spacial score (nSPS) is 20.2. The van der Waals surface area contributed by atoms with E-state index in [4.69, 9.17) is 0 Å². The topological polar surface area (TPSA) is 9.72 Å². The molecule has 5 heterocycles. The van der Waals surface area contributed by atoms with Crippen LogP contribution < -0.4 is 25.5 Å². The number of thiophene rings is 2. The fraction of sp³-hybridized carbons (Fsp3) is 0.286. The highest BCUT2D eigenvalue weighted by Crippen LogP contribution is 2.65. The molecule has 2 unspecified atom stereocenters. The highest BCUT2D eigenvalue weighted by molar-refractivity contribution is 7.27. The van der Waals surface area contributed by atoms with Crippen molar-refractivity contribution in [2.45, 2.75) is 154 Å². The quantitative estimate of drug-likeness (QED) is 0.159. The fourth-order valence-corrected chi connectivity index (χ4v) is 20.8. The molecule has 90 heavy (non-hydrogen) atoms. The van der Waals surface area contributed by atoms with Crippen LogP contribution in [0.5, 0.6) is 0 Å². The molecular formula is C84H78BN3S2. The molecule has 1 saturated carbocycles. The minimum Gasteiger partial charge on any atom is -0.400 e. The number of hydrogen-bond acceptors (Lipinski definition) is 5. The minimum absolute atomic E-state index is 0.0648. The van der Waals surface area contributed by atoms with Gasteiger partial charge in [-0.25, -0.2) is 0 Å². The van der Waals surface area contributed by atoms with E-state index in [2.05, 4.69) is 280 Å². The molecule has 0 bridgehead atoms. The summed E-state index contributed by atoms with van der Waals surface area (Å²) in [5, 5.41) is 5.21. The molecule has 10 aromatic carbocycles. The molecule has 2 atom stereocenters. The third-order valence-corrected chi connectivity index (χ3v) is 26.1. The van der Waals surface area contributed by atoms with Crippen molar-refractivity contribution in [3.63, 3.8) is 0 Å². The lowest BCUT2D eigenvalue weighted by Crippen LogP contribution is -2.70. The van der Waals surface area contributed by atoms with Gasteiger partial charge in [0.1, 0.15) is 0 Å². The van der Waals surface area contributed by atoms with Crippen molar-refractivity contribution in [1.29, 1.82) is 0 Å². The van der Waals surface area contributed by atoms with Gasteiger partial charge in [-0.2, -0.15) is 0 Å². The zero-order valence-corrected chi connectivity index (χ0v) is 55.9. The number of benzene rings is 10. The van der Waals surface area contributed by atoms with Gasteiger partial charge in [-0.05, 0) is 189 Å². The average molecular weight is 1200 g/mol. The SMILES string of the molecule is Cc1ccc(N2c3cc4c(cc3B3c5c(cc(N(c6cccc7c6sc6ccccc67)c6cccc7c6sc6ccccc67)cc52)-c2cc(C(C)(C)C)cc5c2N3C2(C)CCCCC52C)C(C)(C)c2cc3c(cc2-4)C(C)(C)CCC3(C)C)c(-c2ccccc2)c1. The average Bonchev–Trinajstić information content (AvgIpc) is 1.46. The van der Waals surface area contributed by atoms with Crippen LogP contribution in [-0.4, -0.2) is 12.4 Å². The van der Waals surface area contributed by atoms with Crippen LogP contribution in [0.4, 0.5) is 39.8 Å². The number of aryl methyl sites for hydroxylation is 1. The molecule has 0 spiro atoms. The summed E-state index contributed by atoms with van der Waals surface area (Å²) < 4.78 is 5.21. The van der Waals surface area contributed by atoms with Gasteiger partial charge in [-0.3, -0.25) is 0 Å². The summed E-state index contributed by atoms with van der Waals surface area (Å²) in [6.07, 6.45) is 7.14. The van der Waals surface area contributed by atoms with Crippen molar-refractivity contribution in [2.75, 3.05) is 14.6 Å². The first-order valence-corrected chi connectivity index (χ1v) is 34.9. The smallest absolute Gasteiger partial charge is 0.328 e. The molecule has 0 radical (unpaired) electrons. The van der Waals surface area contributed by atoms with Gasteiger partial charge in [0.25, 0.3) is 0 Å². The summed E-state index contributed by atoms with van der Waals surface area (Å²) in [6, 6.07) is 72.3. The van der Waals surface area contributed by atoms with Crippen molar-refractivity contribution < 1.29 is 0 Å². The van der Waals surface area contributed by atoms with Gasteiger partial charge in [0, 0.05) is 81.2 Å². The summed E-state index contributed by atoms with van der Waals surface area (Å²) in [7, 11) is 0. The molecule has 18 rings (SSSR count). The Hall–Kier alpha value is -7.90. The summed E-state index contributed by atoms with van der Waals surface area (Å²) >= 11 is 3.86. The Kier molecular flexibility index (Phi) is 11.3. The Morgan fingerprint density at radius 2 is 1.07 bits per heavy atom. The van der Waals surface area contributed by atoms with Gasteiger partial charge in [0.05, 0.1) is 26.5 Å². The summed E-state index contributed by atoms with van der Waals surface area (Å²) in [5.41, 5.74) is 29.3. The number of rotatable bonds is 5. The Labute approximate surface area is 540 Å². The number of anilines is 7. The molecule has 3 nitrogen and oxygen atoms in total. The highest BCUT2D eigenvalue weighted by atomic mass is 32.1. The number of hydrogen-bond donors (Lipinski definition) is 0. The molecule has 3 aliphatic heterocycles. The van der Waals surface area contributed by atoms with Crippen LogP contribution in [0.1, 0.15) is 154 Å². The third-order valence-electron chi connectivity index (χ3n) is 23.6. The zero-order valence-electron chi connectivity index (χ0n) is 54.3. The molecule has 0 N–H and O–H groups in total. The Balaban J connectivity index is 1.02. The standard InChI is InChI=1S/C84H78BN3S2/c1-49-34-35-68(57(40-49)50-24-14-13-15-25-50)87-71-46-59-58-45-64-65(81(7,8)39-38-80(64,5)6)47-62(58)82(9,10)63(59)48-67(71)85-75-60(61-41-51(79(2,3)4)42-66-76(61)88(85)84(12)37-21-20-36-83(66,84)11)43-52(44-72(75)87)86(69-30-22-28-55-53-26-16-18-32-73(53)89-77(55)69)70-31-23-29-56-54-27-17-19-33-74(54)90-78(56)70/h13-19,22-35,40-48H,20-21,36-39H2,1-12H3. The van der Waals surface area contributed by atoms with Crippen LogP contribution >= 0.6 is 22.7 Å². The van der Waals surface area contributed by atoms with Crippen molar-refractivity contribution in [3.05, 3.63) is 221 Å². The first kappa shape index (κ1) is 55.0. The van der Waals surface area contributed by atoms with E-state index in [1.807, 2.05) is 22.7 Å². The Morgan fingerprint density at radius 1 is 0.467 bits per heavy atom. The van der Waals surface area contributed by atoms with Crippen LogP contribution in [0.3, 0.4) is 0 Å². The first-order chi connectivity index (χ1) is 43.1. The van der Waals surface area contributed by atoms with Gasteiger partial charge in [0.15, 0.2) is 0 Å². The van der Waals surface area contributed by atoms with Crippen LogP contribution in [0.2, 0.25) is 0 Å². The van der Waals surface area contributed by atoms with Gasteiger partial charge < -0.3 is 14.6 Å². The maximum absolute atomic E-state index is 3.07. The first-order valence-electron chi connectivity index (χ1n) is 33.3. The molecule has 12 aromatic rings. The lowest BCUT2D eigenvalue weighted by molar-refractivity contribution is 0.199. The largest absolute Gasteiger partial charge is 0.400 e. The van der Waals surface area contributed by atoms with Crippen LogP contribution in [0, 0.1) is 6.92 Å². The summed E-state index contributed by atoms with van der Waals surface area (Å²) in [5.74, 6) is 0. The second-order valence-corrected chi connectivity index (χ2v) is 33.1. The minimum atomic E-state index is -0.238. The summed E-state index contributed by atoms with van der Waals surface area (Å²) in [4.78, 5) is 8.54. The number of fused-ring (bicyclic) bond motifs is 17. The van der Waals surface area contributed by atoms with Crippen molar-refractivity contribution in [3.8, 4) is 33.4 Å². The van der Waals surface area contributed by atoms with E-state index in [1.54, 1.807) is 5.56 Å². The monoisotopic (exact) mass is 1200 g/mol. The molecule has 444 valence electrons. The maximum Gasteiger partial charge on any atom is 0.328 e. The van der Waals surface area contributed by atoms with E-state index < -0.39 is 0 Å². The van der Waals surface area contributed by atoms with Crippen molar-refractivity contribution in [2.24, 2.45) is 0 Å². The van der Waals surface area contributed by atoms with E-state index in [-0.39, 0.29) is 39.5 Å². The Bertz CT molecular complexity index is 5010. The van der Waals surface area contributed by atoms with Crippen molar-refractivity contribution >= 4 is 121 Å². The molecule has 0 saturated heterocycles. The molecule has 3 aliphatic carbocycles. The van der Waals surface area contributed by atoms with E-state index in [0.29, 0.717) is 0 Å². The molecule has 1 fully saturated rings. The molecule has 2 aromatic heterocycles. The van der Waals surface area contributed by atoms with Gasteiger partial charge in [0.2, 0.25) is 0 Å². The van der Waals surface area contributed by atoms with Crippen LogP contribution in [0.15, 0.2) is 182 Å². The van der Waals surface area contributed by atoms with E-state index in [9.17, 15) is 0 Å². The van der Waals surface area contributed by atoms with Crippen LogP contribution in [-0.2, 0) is 27.1 Å². The molecule has 6 heteroatoms. The van der Waals surface area contributed by atoms with Crippen molar-refractivity contribution in [1.82, 2.24) is 0 Å². The second-order valence-electron chi connectivity index (χ2n) is 31.0. The highest BCUT2D eigenvalue weighted by Gasteiger charge is 2.63. The van der Waals surface area contributed by atoms with E-state index in [1.165, 1.54) is 190 Å². The summed E-state index contributed by atoms with van der Waals surface area (Å²) in [6.45, 7) is 29.9. The lowest BCUT2D eigenvalue weighted by atomic mass is 9.42. The molecule has 0 amide bonds. The van der Waals surface area contributed by atoms with Crippen LogP contribution in [0.25, 0.3) is 73.7 Å².